The molecule has 2 unspecified atom stereocenters. The molecule has 45 heavy (non-hydrogen) atoms. The van der Waals surface area contributed by atoms with Crippen molar-refractivity contribution >= 4 is 17.9 Å². The molecule has 0 saturated heterocycles. The van der Waals surface area contributed by atoms with Gasteiger partial charge in [0.1, 0.15) is 6.61 Å². The van der Waals surface area contributed by atoms with E-state index < -0.39 is 18.1 Å². The van der Waals surface area contributed by atoms with E-state index in [1.165, 1.54) is 32.1 Å². The largest absolute Gasteiger partial charge is 0.477 e. The number of likely N-dealkylation sites (N-methyl/N-ethyl adjacent to an activating group) is 1. The number of hydrogen-bond acceptors (Lipinski definition) is 6. The van der Waals surface area contributed by atoms with Crippen molar-refractivity contribution in [1.82, 2.24) is 0 Å². The van der Waals surface area contributed by atoms with Gasteiger partial charge in [0, 0.05) is 19.3 Å². The summed E-state index contributed by atoms with van der Waals surface area (Å²) >= 11 is 0. The molecule has 0 aliphatic carbocycles. The van der Waals surface area contributed by atoms with Crippen molar-refractivity contribution in [3.8, 4) is 0 Å². The molecule has 8 heteroatoms. The van der Waals surface area contributed by atoms with Crippen molar-refractivity contribution in [3.05, 3.63) is 48.6 Å². The van der Waals surface area contributed by atoms with Gasteiger partial charge in [-0.3, -0.25) is 9.59 Å². The molecule has 0 heterocycles. The standard InChI is InChI=1S/C37H63NO7/c1-6-8-10-12-14-16-17-18-19-20-22-24-26-28-36(40)45-33(31-43-30-29-34(37(41)42)38(3,4)5)32-44-35(39)27-25-23-21-15-13-11-9-7-2/h8,10,14,16,18-19,22,24,33-34H,6-7,9,11-13,15,17,20-21,23,25-32H2,1-5H3/p+1/b10-8-,16-14-,19-18-,24-22-. The number of quaternary nitrogens is 1. The summed E-state index contributed by atoms with van der Waals surface area (Å²) in [5.74, 6) is -1.59. The molecule has 0 radical (unpaired) electrons. The van der Waals surface area contributed by atoms with Crippen LogP contribution in [0.1, 0.15) is 117 Å². The van der Waals surface area contributed by atoms with Crippen LogP contribution in [0.4, 0.5) is 0 Å². The summed E-state index contributed by atoms with van der Waals surface area (Å²) in [6.45, 7) is 4.47. The molecule has 8 nitrogen and oxygen atoms in total. The van der Waals surface area contributed by atoms with Crippen molar-refractivity contribution < 1.29 is 38.2 Å². The van der Waals surface area contributed by atoms with Gasteiger partial charge < -0.3 is 23.8 Å². The van der Waals surface area contributed by atoms with Gasteiger partial charge in [0.2, 0.25) is 0 Å². The van der Waals surface area contributed by atoms with Gasteiger partial charge in [-0.15, -0.1) is 0 Å². The molecule has 1 N–H and O–H groups in total. The third kappa shape index (κ3) is 27.3. The van der Waals surface area contributed by atoms with Crippen molar-refractivity contribution in [2.75, 3.05) is 41.0 Å². The fourth-order valence-electron chi connectivity index (χ4n) is 4.57. The summed E-state index contributed by atoms with van der Waals surface area (Å²) < 4.78 is 17.0. The first-order valence-corrected chi connectivity index (χ1v) is 17.2. The third-order valence-corrected chi connectivity index (χ3v) is 7.26. The van der Waals surface area contributed by atoms with E-state index in [0.29, 0.717) is 19.3 Å². The van der Waals surface area contributed by atoms with Crippen LogP contribution in [0.2, 0.25) is 0 Å². The number of carbonyl (C=O) groups is 3. The first kappa shape index (κ1) is 42.3. The van der Waals surface area contributed by atoms with Crippen molar-refractivity contribution in [1.29, 1.82) is 0 Å². The van der Waals surface area contributed by atoms with E-state index in [4.69, 9.17) is 14.2 Å². The number of allylic oxidation sites excluding steroid dienone is 8. The van der Waals surface area contributed by atoms with Crippen molar-refractivity contribution in [3.63, 3.8) is 0 Å². The van der Waals surface area contributed by atoms with E-state index in [0.717, 1.165) is 44.9 Å². The van der Waals surface area contributed by atoms with E-state index >= 15 is 0 Å². The average Bonchev–Trinajstić information content (AvgIpc) is 2.98. The maximum Gasteiger partial charge on any atom is 0.362 e. The Hall–Kier alpha value is -2.71. The van der Waals surface area contributed by atoms with Gasteiger partial charge in [-0.05, 0) is 38.5 Å². The van der Waals surface area contributed by atoms with Gasteiger partial charge >= 0.3 is 17.9 Å². The van der Waals surface area contributed by atoms with Crippen LogP contribution in [0.3, 0.4) is 0 Å². The van der Waals surface area contributed by atoms with Crippen molar-refractivity contribution in [2.45, 2.75) is 129 Å². The average molecular weight is 635 g/mol. The molecule has 0 spiro atoms. The smallest absolute Gasteiger partial charge is 0.362 e. The van der Waals surface area contributed by atoms with Gasteiger partial charge in [0.25, 0.3) is 0 Å². The monoisotopic (exact) mass is 634 g/mol. The predicted molar refractivity (Wildman–Crippen MR) is 183 cm³/mol. The van der Waals surface area contributed by atoms with E-state index in [2.05, 4.69) is 50.3 Å². The number of nitrogens with zero attached hydrogens (tertiary/aromatic N) is 1. The highest BCUT2D eigenvalue weighted by molar-refractivity contribution is 5.72. The van der Waals surface area contributed by atoms with E-state index in [9.17, 15) is 19.5 Å². The molecule has 0 bridgehead atoms. The number of carbonyl (C=O) groups excluding carboxylic acids is 2. The van der Waals surface area contributed by atoms with Crippen LogP contribution in [0, 0.1) is 0 Å². The lowest BCUT2D eigenvalue weighted by Gasteiger charge is -2.31. The van der Waals surface area contributed by atoms with Crippen LogP contribution in [0.15, 0.2) is 48.6 Å². The zero-order valence-electron chi connectivity index (χ0n) is 29.1. The van der Waals surface area contributed by atoms with Crippen LogP contribution in [-0.4, -0.2) is 80.6 Å². The molecule has 0 amide bonds. The zero-order valence-corrected chi connectivity index (χ0v) is 29.1. The maximum absolute atomic E-state index is 12.5. The molecule has 0 aromatic carbocycles. The fourth-order valence-corrected chi connectivity index (χ4v) is 4.57. The first-order valence-electron chi connectivity index (χ1n) is 17.2. The van der Waals surface area contributed by atoms with Crippen LogP contribution in [-0.2, 0) is 28.6 Å². The number of unbranched alkanes of at least 4 members (excludes halogenated alkanes) is 7. The molecule has 0 rings (SSSR count). The highest BCUT2D eigenvalue weighted by Gasteiger charge is 2.31. The van der Waals surface area contributed by atoms with Gasteiger partial charge in [-0.2, -0.15) is 0 Å². The molecule has 0 aromatic rings. The SMILES string of the molecule is CC/C=C\C/C=C\C/C=C\C/C=C\CCC(=O)OC(COCCC(C(=O)O)[N+](C)(C)C)COC(=O)CCCCCCCCCC. The second-order valence-corrected chi connectivity index (χ2v) is 12.4. The van der Waals surface area contributed by atoms with Crippen LogP contribution < -0.4 is 0 Å². The van der Waals surface area contributed by atoms with E-state index in [-0.39, 0.29) is 42.7 Å². The number of rotatable bonds is 29. The summed E-state index contributed by atoms with van der Waals surface area (Å²) in [4.78, 5) is 36.5. The molecule has 0 fully saturated rings. The Morgan fingerprint density at radius 1 is 0.689 bits per heavy atom. The van der Waals surface area contributed by atoms with E-state index in [1.54, 1.807) is 0 Å². The second kappa shape index (κ2) is 28.7. The van der Waals surface area contributed by atoms with Crippen LogP contribution >= 0.6 is 0 Å². The Kier molecular flexibility index (Phi) is 27.0. The van der Waals surface area contributed by atoms with Gasteiger partial charge in [0.15, 0.2) is 12.1 Å². The number of carboxylic acids is 1. The highest BCUT2D eigenvalue weighted by Crippen LogP contribution is 2.12. The summed E-state index contributed by atoms with van der Waals surface area (Å²) in [6, 6.07) is -0.624. The summed E-state index contributed by atoms with van der Waals surface area (Å²) in [6.07, 6.45) is 30.4. The van der Waals surface area contributed by atoms with Gasteiger partial charge in [-0.1, -0.05) is 107 Å². The first-order chi connectivity index (χ1) is 21.6. The molecule has 0 aliphatic heterocycles. The second-order valence-electron chi connectivity index (χ2n) is 12.4. The number of ether oxygens (including phenoxy) is 3. The lowest BCUT2D eigenvalue weighted by molar-refractivity contribution is -0.887. The molecule has 258 valence electrons. The quantitative estimate of drug-likeness (QED) is 0.0384. The number of aliphatic carboxylic acids is 1. The predicted octanol–water partition coefficient (Wildman–Crippen LogP) is 8.12. The molecule has 0 aromatic heterocycles. The van der Waals surface area contributed by atoms with Crippen molar-refractivity contribution in [2.24, 2.45) is 0 Å². The minimum absolute atomic E-state index is 0.0320. The third-order valence-electron chi connectivity index (χ3n) is 7.26. The number of carboxylic acid groups (broad SMARTS) is 1. The maximum atomic E-state index is 12.5. The lowest BCUT2D eigenvalue weighted by atomic mass is 10.1. The van der Waals surface area contributed by atoms with Crippen LogP contribution in [0.5, 0.6) is 0 Å². The normalized spacial score (nSPS) is 13.7. The summed E-state index contributed by atoms with van der Waals surface area (Å²) in [5.41, 5.74) is 0. The zero-order chi connectivity index (χ0) is 33.6. The molecule has 2 atom stereocenters. The van der Waals surface area contributed by atoms with Crippen LogP contribution in [0.25, 0.3) is 0 Å². The lowest BCUT2D eigenvalue weighted by Crippen LogP contribution is -2.50. The molecule has 0 aliphatic rings. The molecular weight excluding hydrogens is 570 g/mol. The molecular formula is C37H64NO7+. The minimum Gasteiger partial charge on any atom is -0.477 e. The minimum atomic E-state index is -0.889. The Bertz CT molecular complexity index is 886. The fraction of sp³-hybridized carbons (Fsp3) is 0.703. The topological polar surface area (TPSA) is 99.1 Å². The number of esters is 2. The Balaban J connectivity index is 4.61. The van der Waals surface area contributed by atoms with Gasteiger partial charge in [0.05, 0.1) is 34.4 Å². The Morgan fingerprint density at radius 2 is 1.24 bits per heavy atom. The summed E-state index contributed by atoms with van der Waals surface area (Å²) in [7, 11) is 5.48. The highest BCUT2D eigenvalue weighted by atomic mass is 16.6. The number of hydrogen-bond donors (Lipinski definition) is 1. The molecule has 0 saturated carbocycles. The summed E-state index contributed by atoms with van der Waals surface area (Å²) in [5, 5.41) is 9.54. The Labute approximate surface area is 274 Å². The Morgan fingerprint density at radius 3 is 1.80 bits per heavy atom. The van der Waals surface area contributed by atoms with Gasteiger partial charge in [-0.25, -0.2) is 4.79 Å². The van der Waals surface area contributed by atoms with E-state index in [1.807, 2.05) is 33.3 Å².